The molecule has 1 fully saturated rings. The predicted octanol–water partition coefficient (Wildman–Crippen LogP) is 2.44. The molecular weight excluding hydrogens is 345 g/mol. The summed E-state index contributed by atoms with van der Waals surface area (Å²) in [6.45, 7) is 0.364. The van der Waals surface area contributed by atoms with Crippen LogP contribution < -0.4 is 5.32 Å². The van der Waals surface area contributed by atoms with Gasteiger partial charge in [0.1, 0.15) is 3.92 Å². The Morgan fingerprint density at radius 2 is 1.78 bits per heavy atom. The summed E-state index contributed by atoms with van der Waals surface area (Å²) >= 11 is 2.00. The number of nitrogens with one attached hydrogen (secondary N) is 1. The van der Waals surface area contributed by atoms with E-state index >= 15 is 0 Å². The van der Waals surface area contributed by atoms with Crippen molar-refractivity contribution in [2.24, 2.45) is 5.92 Å². The number of hydrogen-bond acceptors (Lipinski definition) is 3. The smallest absolute Gasteiger partial charge is 0.320 e. The Morgan fingerprint density at radius 3 is 2.33 bits per heavy atom. The van der Waals surface area contributed by atoms with Crippen LogP contribution in [0.5, 0.6) is 0 Å². The van der Waals surface area contributed by atoms with E-state index in [1.165, 1.54) is 26.4 Å². The van der Waals surface area contributed by atoms with Gasteiger partial charge >= 0.3 is 5.97 Å². The average molecular weight is 367 g/mol. The fraction of sp³-hybridized carbons (Fsp3) is 0.846. The molecule has 0 heterocycles. The van der Waals surface area contributed by atoms with Crippen molar-refractivity contribution in [3.05, 3.63) is 0 Å². The number of halogens is 1. The summed E-state index contributed by atoms with van der Waals surface area (Å²) in [6, 6.07) is 0. The molecule has 1 saturated carbocycles. The average Bonchev–Trinajstić information content (AvgIpc) is 2.34. The number of alkyl halides is 1. The Bertz CT molecular complexity index is 275. The van der Waals surface area contributed by atoms with Crippen molar-refractivity contribution in [3.8, 4) is 0 Å². The normalized spacial score (nSPS) is 19.4. The predicted molar refractivity (Wildman–Crippen MR) is 78.6 cm³/mol. The molecule has 1 atom stereocenters. The van der Waals surface area contributed by atoms with E-state index < -0.39 is 0 Å². The molecule has 0 spiro atoms. The van der Waals surface area contributed by atoms with Gasteiger partial charge in [-0.1, -0.05) is 54.7 Å². The monoisotopic (exact) mass is 367 g/mol. The van der Waals surface area contributed by atoms with Crippen molar-refractivity contribution in [1.82, 2.24) is 5.32 Å². The van der Waals surface area contributed by atoms with Gasteiger partial charge < -0.3 is 10.1 Å². The van der Waals surface area contributed by atoms with Gasteiger partial charge in [0, 0.05) is 12.5 Å². The number of methoxy groups -OCH3 is 1. The second kappa shape index (κ2) is 8.72. The molecule has 5 heteroatoms. The van der Waals surface area contributed by atoms with Crippen LogP contribution in [0.1, 0.15) is 44.9 Å². The van der Waals surface area contributed by atoms with Crippen LogP contribution in [0.25, 0.3) is 0 Å². The molecule has 1 aliphatic rings. The molecule has 0 radical (unpaired) electrons. The Kier molecular flexibility index (Phi) is 7.62. The van der Waals surface area contributed by atoms with E-state index in [0.717, 1.165) is 25.7 Å². The first kappa shape index (κ1) is 15.7. The van der Waals surface area contributed by atoms with Gasteiger partial charge in [0.2, 0.25) is 5.91 Å². The maximum atomic E-state index is 12.0. The van der Waals surface area contributed by atoms with Crippen LogP contribution in [0.3, 0.4) is 0 Å². The molecule has 1 aliphatic carbocycles. The van der Waals surface area contributed by atoms with Gasteiger partial charge in [0.15, 0.2) is 0 Å². The molecule has 104 valence electrons. The zero-order chi connectivity index (χ0) is 13.4. The van der Waals surface area contributed by atoms with Gasteiger partial charge in [-0.15, -0.1) is 0 Å². The second-order valence-electron chi connectivity index (χ2n) is 4.78. The maximum Gasteiger partial charge on any atom is 0.320 e. The number of rotatable bonds is 4. The molecule has 4 nitrogen and oxygen atoms in total. The van der Waals surface area contributed by atoms with Gasteiger partial charge in [-0.2, -0.15) is 0 Å². The highest BCUT2D eigenvalue weighted by Gasteiger charge is 2.21. The van der Waals surface area contributed by atoms with Crippen LogP contribution in [0.15, 0.2) is 0 Å². The highest BCUT2D eigenvalue weighted by Crippen LogP contribution is 2.22. The molecule has 0 aromatic rings. The number of amides is 1. The fourth-order valence-electron chi connectivity index (χ4n) is 2.26. The first-order chi connectivity index (χ1) is 8.65. The number of carbonyl (C=O) groups is 2. The summed E-state index contributed by atoms with van der Waals surface area (Å²) in [5.41, 5.74) is 0. The van der Waals surface area contributed by atoms with Crippen molar-refractivity contribution in [2.45, 2.75) is 48.9 Å². The Hall–Kier alpha value is -0.330. The summed E-state index contributed by atoms with van der Waals surface area (Å²) in [5, 5.41) is 2.87. The van der Waals surface area contributed by atoms with Crippen molar-refractivity contribution < 1.29 is 14.3 Å². The lowest BCUT2D eigenvalue weighted by atomic mass is 9.90. The summed E-state index contributed by atoms with van der Waals surface area (Å²) in [4.78, 5) is 23.2. The third-order valence-corrected chi connectivity index (χ3v) is 4.34. The van der Waals surface area contributed by atoms with Gasteiger partial charge in [-0.25, -0.2) is 0 Å². The van der Waals surface area contributed by atoms with E-state index in [2.05, 4.69) is 10.1 Å². The topological polar surface area (TPSA) is 55.4 Å². The zero-order valence-corrected chi connectivity index (χ0v) is 13.1. The summed E-state index contributed by atoms with van der Waals surface area (Å²) < 4.78 is 4.33. The Labute approximate surface area is 122 Å². The quantitative estimate of drug-likeness (QED) is 0.472. The van der Waals surface area contributed by atoms with Gasteiger partial charge in [-0.3, -0.25) is 9.59 Å². The van der Waals surface area contributed by atoms with Crippen LogP contribution in [-0.4, -0.2) is 29.5 Å². The fourth-order valence-corrected chi connectivity index (χ4v) is 2.74. The second-order valence-corrected chi connectivity index (χ2v) is 6.28. The van der Waals surface area contributed by atoms with Crippen LogP contribution >= 0.6 is 22.6 Å². The lowest BCUT2D eigenvalue weighted by Gasteiger charge is -2.19. The zero-order valence-electron chi connectivity index (χ0n) is 10.9. The maximum absolute atomic E-state index is 12.0. The number of esters is 1. The van der Waals surface area contributed by atoms with Crippen molar-refractivity contribution in [3.63, 3.8) is 0 Å². The molecule has 18 heavy (non-hydrogen) atoms. The van der Waals surface area contributed by atoms with Crippen LogP contribution in [-0.2, 0) is 14.3 Å². The summed E-state index contributed by atoms with van der Waals surface area (Å²) in [6.07, 6.45) is 8.02. The molecule has 0 aromatic carbocycles. The summed E-state index contributed by atoms with van der Waals surface area (Å²) in [7, 11) is 1.37. The molecular formula is C13H22INO3. The minimum atomic E-state index is -0.301. The molecule has 0 bridgehead atoms. The van der Waals surface area contributed by atoms with Crippen LogP contribution in [0, 0.1) is 5.92 Å². The van der Waals surface area contributed by atoms with Crippen molar-refractivity contribution in [2.75, 3.05) is 13.7 Å². The molecule has 0 aromatic heterocycles. The number of ether oxygens (including phenoxy) is 1. The first-order valence-electron chi connectivity index (χ1n) is 6.64. The first-order valence-corrected chi connectivity index (χ1v) is 7.89. The SMILES string of the molecule is COC(=O)C(I)CNC(=O)C1CCCCCCC1. The Morgan fingerprint density at radius 1 is 1.22 bits per heavy atom. The van der Waals surface area contributed by atoms with E-state index in [9.17, 15) is 9.59 Å². The van der Waals surface area contributed by atoms with E-state index in [-0.39, 0.29) is 21.7 Å². The molecule has 1 N–H and O–H groups in total. The molecule has 0 saturated heterocycles. The molecule has 1 unspecified atom stereocenters. The molecule has 0 aliphatic heterocycles. The highest BCUT2D eigenvalue weighted by molar-refractivity contribution is 14.1. The van der Waals surface area contributed by atoms with E-state index in [4.69, 9.17) is 0 Å². The number of carbonyl (C=O) groups excluding carboxylic acids is 2. The largest absolute Gasteiger partial charge is 0.468 e. The third kappa shape index (κ3) is 5.54. The third-order valence-electron chi connectivity index (χ3n) is 3.39. The van der Waals surface area contributed by atoms with Crippen LogP contribution in [0.2, 0.25) is 0 Å². The standard InChI is InChI=1S/C13H22INO3/c1-18-13(17)11(14)9-15-12(16)10-7-5-3-2-4-6-8-10/h10-11H,2-9H2,1H3,(H,15,16). The van der Waals surface area contributed by atoms with Gasteiger partial charge in [-0.05, 0) is 12.8 Å². The minimum absolute atomic E-state index is 0.0995. The number of hydrogen-bond donors (Lipinski definition) is 1. The van der Waals surface area contributed by atoms with Crippen molar-refractivity contribution in [1.29, 1.82) is 0 Å². The van der Waals surface area contributed by atoms with Crippen LogP contribution in [0.4, 0.5) is 0 Å². The van der Waals surface area contributed by atoms with E-state index in [0.29, 0.717) is 6.54 Å². The highest BCUT2D eigenvalue weighted by atomic mass is 127. The van der Waals surface area contributed by atoms with Crippen molar-refractivity contribution >= 4 is 34.5 Å². The lowest BCUT2D eigenvalue weighted by Crippen LogP contribution is -2.37. The van der Waals surface area contributed by atoms with E-state index in [1.807, 2.05) is 22.6 Å². The van der Waals surface area contributed by atoms with E-state index in [1.54, 1.807) is 0 Å². The minimum Gasteiger partial charge on any atom is -0.468 e. The summed E-state index contributed by atoms with van der Waals surface area (Å²) in [5.74, 6) is -0.0532. The molecule has 1 rings (SSSR count). The van der Waals surface area contributed by atoms with Gasteiger partial charge in [0.05, 0.1) is 7.11 Å². The Balaban J connectivity index is 2.32. The molecule has 1 amide bonds. The van der Waals surface area contributed by atoms with Gasteiger partial charge in [0.25, 0.3) is 0 Å². The lowest BCUT2D eigenvalue weighted by molar-refractivity contribution is -0.139.